The Hall–Kier alpha value is -1.01. The third-order valence-corrected chi connectivity index (χ3v) is 2.10. The SMILES string of the molecule is CCCn1ncnc1CN(C)CC(N)=S. The fraction of sp³-hybridized carbons (Fsp3) is 0.667. The molecule has 0 spiro atoms. The molecule has 15 heavy (non-hydrogen) atoms. The molecule has 6 heteroatoms. The van der Waals surface area contributed by atoms with Gasteiger partial charge in [-0.05, 0) is 13.5 Å². The van der Waals surface area contributed by atoms with Crippen molar-refractivity contribution in [1.29, 1.82) is 0 Å². The minimum atomic E-state index is 0.499. The Morgan fingerprint density at radius 3 is 3.00 bits per heavy atom. The summed E-state index contributed by atoms with van der Waals surface area (Å²) in [5.41, 5.74) is 5.47. The number of hydrogen-bond donors (Lipinski definition) is 1. The lowest BCUT2D eigenvalue weighted by Gasteiger charge is -2.15. The maximum absolute atomic E-state index is 5.47. The number of aryl methyl sites for hydroxylation is 1. The van der Waals surface area contributed by atoms with Gasteiger partial charge in [0.05, 0.1) is 11.5 Å². The zero-order chi connectivity index (χ0) is 11.3. The summed E-state index contributed by atoms with van der Waals surface area (Å²) in [5.74, 6) is 0.954. The second-order valence-electron chi connectivity index (χ2n) is 3.54. The third kappa shape index (κ3) is 3.93. The van der Waals surface area contributed by atoms with Crippen LogP contribution in [0, 0.1) is 0 Å². The van der Waals surface area contributed by atoms with E-state index in [1.807, 2.05) is 16.6 Å². The summed E-state index contributed by atoms with van der Waals surface area (Å²) in [5, 5.41) is 4.15. The molecule has 1 rings (SSSR count). The van der Waals surface area contributed by atoms with Gasteiger partial charge in [0.2, 0.25) is 0 Å². The van der Waals surface area contributed by atoms with Crippen molar-refractivity contribution in [3.8, 4) is 0 Å². The molecule has 0 saturated carbocycles. The minimum absolute atomic E-state index is 0.499. The first-order chi connectivity index (χ1) is 7.13. The summed E-state index contributed by atoms with van der Waals surface area (Å²) in [7, 11) is 1.96. The van der Waals surface area contributed by atoms with Gasteiger partial charge >= 0.3 is 0 Å². The summed E-state index contributed by atoms with van der Waals surface area (Å²) in [6, 6.07) is 0. The normalized spacial score (nSPS) is 10.9. The molecule has 0 aliphatic rings. The summed E-state index contributed by atoms with van der Waals surface area (Å²) >= 11 is 4.84. The van der Waals surface area contributed by atoms with Crippen LogP contribution in [0.2, 0.25) is 0 Å². The molecule has 1 aromatic heterocycles. The van der Waals surface area contributed by atoms with Gasteiger partial charge in [-0.2, -0.15) is 5.10 Å². The number of nitrogens with two attached hydrogens (primary N) is 1. The fourth-order valence-electron chi connectivity index (χ4n) is 1.37. The largest absolute Gasteiger partial charge is 0.392 e. The molecule has 0 radical (unpaired) electrons. The summed E-state index contributed by atoms with van der Waals surface area (Å²) < 4.78 is 1.91. The predicted molar refractivity (Wildman–Crippen MR) is 63.4 cm³/mol. The van der Waals surface area contributed by atoms with Crippen LogP contribution in [-0.4, -0.2) is 38.2 Å². The average Bonchev–Trinajstić information content (AvgIpc) is 2.52. The first-order valence-electron chi connectivity index (χ1n) is 4.97. The number of thiocarbonyl (C=S) groups is 1. The van der Waals surface area contributed by atoms with E-state index < -0.39 is 0 Å². The lowest BCUT2D eigenvalue weighted by Crippen LogP contribution is -2.30. The summed E-state index contributed by atoms with van der Waals surface area (Å²) in [6.07, 6.45) is 2.63. The highest BCUT2D eigenvalue weighted by atomic mass is 32.1. The Morgan fingerprint density at radius 1 is 1.67 bits per heavy atom. The quantitative estimate of drug-likeness (QED) is 0.713. The van der Waals surface area contributed by atoms with Gasteiger partial charge in [0.25, 0.3) is 0 Å². The van der Waals surface area contributed by atoms with E-state index in [9.17, 15) is 0 Å². The monoisotopic (exact) mass is 227 g/mol. The van der Waals surface area contributed by atoms with E-state index in [0.29, 0.717) is 11.5 Å². The van der Waals surface area contributed by atoms with Gasteiger partial charge in [0, 0.05) is 13.1 Å². The minimum Gasteiger partial charge on any atom is -0.392 e. The van der Waals surface area contributed by atoms with Crippen LogP contribution in [0.25, 0.3) is 0 Å². The van der Waals surface area contributed by atoms with Crippen molar-refractivity contribution < 1.29 is 0 Å². The Labute approximate surface area is 95.3 Å². The zero-order valence-corrected chi connectivity index (χ0v) is 10.00. The second kappa shape index (κ2) is 5.77. The Bertz CT molecular complexity index is 322. The highest BCUT2D eigenvalue weighted by Gasteiger charge is 2.07. The zero-order valence-electron chi connectivity index (χ0n) is 9.18. The lowest BCUT2D eigenvalue weighted by molar-refractivity contribution is 0.351. The number of nitrogens with zero attached hydrogens (tertiary/aromatic N) is 4. The van der Waals surface area contributed by atoms with E-state index >= 15 is 0 Å². The van der Waals surface area contributed by atoms with Crippen molar-refractivity contribution in [2.24, 2.45) is 5.73 Å². The molecule has 84 valence electrons. The van der Waals surface area contributed by atoms with E-state index in [4.69, 9.17) is 18.0 Å². The highest BCUT2D eigenvalue weighted by molar-refractivity contribution is 7.80. The van der Waals surface area contributed by atoms with Crippen LogP contribution in [0.4, 0.5) is 0 Å². The van der Waals surface area contributed by atoms with Crippen LogP contribution in [0.5, 0.6) is 0 Å². The van der Waals surface area contributed by atoms with Gasteiger partial charge in [-0.15, -0.1) is 0 Å². The first kappa shape index (κ1) is 12.1. The molecule has 0 aliphatic heterocycles. The summed E-state index contributed by atoms with van der Waals surface area (Å²) in [4.78, 5) is 6.73. The van der Waals surface area contributed by atoms with Gasteiger partial charge in [0.15, 0.2) is 0 Å². The van der Waals surface area contributed by atoms with Crippen molar-refractivity contribution in [3.63, 3.8) is 0 Å². The van der Waals surface area contributed by atoms with Crippen LogP contribution in [0.3, 0.4) is 0 Å². The van der Waals surface area contributed by atoms with Crippen molar-refractivity contribution in [2.45, 2.75) is 26.4 Å². The number of likely N-dealkylation sites (N-methyl/N-ethyl adjacent to an activating group) is 1. The van der Waals surface area contributed by atoms with Crippen LogP contribution >= 0.6 is 12.2 Å². The smallest absolute Gasteiger partial charge is 0.141 e. The van der Waals surface area contributed by atoms with E-state index in [1.54, 1.807) is 6.33 Å². The molecule has 0 fully saturated rings. The molecule has 1 heterocycles. The van der Waals surface area contributed by atoms with Crippen LogP contribution < -0.4 is 5.73 Å². The van der Waals surface area contributed by atoms with E-state index in [-0.39, 0.29) is 0 Å². The van der Waals surface area contributed by atoms with Crippen LogP contribution in [0.1, 0.15) is 19.2 Å². The van der Waals surface area contributed by atoms with Crippen LogP contribution in [-0.2, 0) is 13.1 Å². The van der Waals surface area contributed by atoms with E-state index in [1.165, 1.54) is 0 Å². The van der Waals surface area contributed by atoms with Gasteiger partial charge in [0.1, 0.15) is 12.2 Å². The second-order valence-corrected chi connectivity index (χ2v) is 4.06. The first-order valence-corrected chi connectivity index (χ1v) is 5.37. The Morgan fingerprint density at radius 2 is 2.40 bits per heavy atom. The van der Waals surface area contributed by atoms with Gasteiger partial charge in [-0.3, -0.25) is 4.90 Å². The number of hydrogen-bond acceptors (Lipinski definition) is 4. The lowest BCUT2D eigenvalue weighted by atomic mass is 10.4. The van der Waals surface area contributed by atoms with E-state index in [2.05, 4.69) is 17.0 Å². The Balaban J connectivity index is 2.55. The standard InChI is InChI=1S/C9H17N5S/c1-3-4-14-9(11-7-12-14)6-13(2)5-8(10)15/h7H,3-6H2,1-2H3,(H2,10,15). The molecule has 0 saturated heterocycles. The maximum Gasteiger partial charge on any atom is 0.141 e. The molecular weight excluding hydrogens is 210 g/mol. The fourth-order valence-corrected chi connectivity index (χ4v) is 1.59. The number of rotatable bonds is 6. The highest BCUT2D eigenvalue weighted by Crippen LogP contribution is 2.00. The van der Waals surface area contributed by atoms with Crippen molar-refractivity contribution >= 4 is 17.2 Å². The van der Waals surface area contributed by atoms with Gasteiger partial charge in [-0.1, -0.05) is 19.1 Å². The molecule has 0 amide bonds. The molecule has 0 aromatic carbocycles. The molecule has 1 aromatic rings. The van der Waals surface area contributed by atoms with Crippen molar-refractivity contribution in [1.82, 2.24) is 19.7 Å². The van der Waals surface area contributed by atoms with E-state index in [0.717, 1.165) is 25.3 Å². The van der Waals surface area contributed by atoms with Gasteiger partial charge < -0.3 is 5.73 Å². The topological polar surface area (TPSA) is 60.0 Å². The van der Waals surface area contributed by atoms with Crippen molar-refractivity contribution in [3.05, 3.63) is 12.2 Å². The average molecular weight is 227 g/mol. The predicted octanol–water partition coefficient (Wildman–Crippen LogP) is 0.406. The molecule has 0 aliphatic carbocycles. The van der Waals surface area contributed by atoms with Crippen molar-refractivity contribution in [2.75, 3.05) is 13.6 Å². The molecular formula is C9H17N5S. The third-order valence-electron chi connectivity index (χ3n) is 1.97. The molecule has 0 unspecified atom stereocenters. The molecule has 5 nitrogen and oxygen atoms in total. The molecule has 2 N–H and O–H groups in total. The molecule has 0 bridgehead atoms. The number of aromatic nitrogens is 3. The summed E-state index contributed by atoms with van der Waals surface area (Å²) in [6.45, 7) is 4.34. The maximum atomic E-state index is 5.47. The Kier molecular flexibility index (Phi) is 4.64. The molecule has 0 atom stereocenters. The van der Waals surface area contributed by atoms with Crippen LogP contribution in [0.15, 0.2) is 6.33 Å². The van der Waals surface area contributed by atoms with Gasteiger partial charge in [-0.25, -0.2) is 9.67 Å².